The summed E-state index contributed by atoms with van der Waals surface area (Å²) in [4.78, 5) is 22.1. The van der Waals surface area contributed by atoms with E-state index in [0.29, 0.717) is 24.7 Å². The van der Waals surface area contributed by atoms with Crippen molar-refractivity contribution in [1.29, 1.82) is 0 Å². The molecule has 6 nitrogen and oxygen atoms in total. The number of carbonyl (C=O) groups excluding carboxylic acids is 2. The fourth-order valence-electron chi connectivity index (χ4n) is 3.26. The lowest BCUT2D eigenvalue weighted by Crippen LogP contribution is -2.47. The molecule has 0 radical (unpaired) electrons. The number of ether oxygens (including phenoxy) is 3. The Balaban J connectivity index is 1.66. The lowest BCUT2D eigenvalue weighted by Gasteiger charge is -2.43. The molecule has 24 heavy (non-hydrogen) atoms. The summed E-state index contributed by atoms with van der Waals surface area (Å²) in [7, 11) is 3.00. The summed E-state index contributed by atoms with van der Waals surface area (Å²) in [6.45, 7) is 2.85. The highest BCUT2D eigenvalue weighted by atomic mass is 33.1. The van der Waals surface area contributed by atoms with Gasteiger partial charge in [-0.25, -0.2) is 4.79 Å². The summed E-state index contributed by atoms with van der Waals surface area (Å²) in [6, 6.07) is 0. The SMILES string of the molecule is CC1OC(CC2(CNC(=O)OCCSSCC=O)CCCCC2)O1. The topological polar surface area (TPSA) is 73.9 Å². The molecule has 1 saturated heterocycles. The first kappa shape index (κ1) is 19.9. The Kier molecular flexibility index (Phi) is 8.72. The van der Waals surface area contributed by atoms with Crippen LogP contribution in [0.1, 0.15) is 45.4 Å². The molecule has 0 aromatic carbocycles. The smallest absolute Gasteiger partial charge is 0.407 e. The van der Waals surface area contributed by atoms with Gasteiger partial charge in [0.25, 0.3) is 0 Å². The molecule has 8 heteroatoms. The summed E-state index contributed by atoms with van der Waals surface area (Å²) in [5, 5.41) is 2.92. The van der Waals surface area contributed by atoms with Crippen LogP contribution in [-0.2, 0) is 19.0 Å². The average molecular weight is 378 g/mol. The van der Waals surface area contributed by atoms with Crippen LogP contribution in [0.3, 0.4) is 0 Å². The van der Waals surface area contributed by atoms with Gasteiger partial charge in [-0.2, -0.15) is 0 Å². The maximum Gasteiger partial charge on any atom is 0.407 e. The summed E-state index contributed by atoms with van der Waals surface area (Å²) >= 11 is 0. The van der Waals surface area contributed by atoms with E-state index in [4.69, 9.17) is 14.2 Å². The van der Waals surface area contributed by atoms with E-state index < -0.39 is 0 Å². The quantitative estimate of drug-likeness (QED) is 0.355. The molecule has 2 aliphatic rings. The van der Waals surface area contributed by atoms with Gasteiger partial charge in [-0.05, 0) is 25.2 Å². The van der Waals surface area contributed by atoms with Crippen LogP contribution in [0.25, 0.3) is 0 Å². The van der Waals surface area contributed by atoms with Gasteiger partial charge in [0.1, 0.15) is 12.9 Å². The Morgan fingerprint density at radius 1 is 1.29 bits per heavy atom. The number of aldehydes is 1. The molecule has 2 fully saturated rings. The van der Waals surface area contributed by atoms with Crippen molar-refractivity contribution in [3.8, 4) is 0 Å². The lowest BCUT2D eigenvalue weighted by molar-refractivity contribution is -0.383. The van der Waals surface area contributed by atoms with Gasteiger partial charge in [0.05, 0.1) is 5.75 Å². The monoisotopic (exact) mass is 377 g/mol. The summed E-state index contributed by atoms with van der Waals surface area (Å²) in [5.74, 6) is 1.14. The van der Waals surface area contributed by atoms with Gasteiger partial charge in [0, 0.05) is 18.7 Å². The second kappa shape index (κ2) is 10.5. The van der Waals surface area contributed by atoms with Crippen molar-refractivity contribution in [2.75, 3.05) is 24.7 Å². The molecular formula is C16H27NO5S2. The zero-order chi connectivity index (χ0) is 17.3. The largest absolute Gasteiger partial charge is 0.449 e. The third kappa shape index (κ3) is 6.82. The van der Waals surface area contributed by atoms with Crippen LogP contribution in [0.5, 0.6) is 0 Å². The number of rotatable bonds is 10. The van der Waals surface area contributed by atoms with Crippen LogP contribution in [-0.4, -0.2) is 49.6 Å². The lowest BCUT2D eigenvalue weighted by atomic mass is 9.71. The molecule has 1 heterocycles. The van der Waals surface area contributed by atoms with E-state index in [-0.39, 0.29) is 24.1 Å². The molecule has 0 spiro atoms. The van der Waals surface area contributed by atoms with Crippen LogP contribution in [0, 0.1) is 5.41 Å². The van der Waals surface area contributed by atoms with E-state index in [9.17, 15) is 9.59 Å². The minimum Gasteiger partial charge on any atom is -0.449 e. The summed E-state index contributed by atoms with van der Waals surface area (Å²) in [5.41, 5.74) is 0.0522. The van der Waals surface area contributed by atoms with Crippen LogP contribution < -0.4 is 5.32 Å². The third-order valence-corrected chi connectivity index (χ3v) is 6.61. The Labute approximate surface area is 151 Å². The highest BCUT2D eigenvalue weighted by molar-refractivity contribution is 8.76. The normalized spacial score (nSPS) is 25.5. The van der Waals surface area contributed by atoms with E-state index in [1.54, 1.807) is 0 Å². The van der Waals surface area contributed by atoms with Gasteiger partial charge in [0.15, 0.2) is 12.6 Å². The number of amides is 1. The predicted molar refractivity (Wildman–Crippen MR) is 95.9 cm³/mol. The van der Waals surface area contributed by atoms with Gasteiger partial charge >= 0.3 is 6.09 Å². The Bertz CT molecular complexity index is 398. The molecule has 1 saturated carbocycles. The first-order valence-corrected chi connectivity index (χ1v) is 11.0. The standard InChI is InChI=1S/C16H27NO5S2/c1-13-21-14(22-13)11-16(5-3-2-4-6-16)12-17-15(19)20-8-10-24-23-9-7-18/h7,13-14H,2-6,8-12H2,1H3,(H,17,19). The Morgan fingerprint density at radius 2 is 2.04 bits per heavy atom. The first-order chi connectivity index (χ1) is 11.6. The molecule has 1 N–H and O–H groups in total. The van der Waals surface area contributed by atoms with Gasteiger partial charge in [-0.3, -0.25) is 0 Å². The molecule has 0 aromatic rings. The van der Waals surface area contributed by atoms with Crippen molar-refractivity contribution in [2.24, 2.45) is 5.41 Å². The molecule has 0 bridgehead atoms. The highest BCUT2D eigenvalue weighted by Crippen LogP contribution is 2.42. The van der Waals surface area contributed by atoms with Crippen molar-refractivity contribution >= 4 is 34.0 Å². The highest BCUT2D eigenvalue weighted by Gasteiger charge is 2.39. The molecule has 0 unspecified atom stereocenters. The average Bonchev–Trinajstić information content (AvgIpc) is 2.56. The molecule has 2 rings (SSSR count). The van der Waals surface area contributed by atoms with Gasteiger partial charge in [-0.1, -0.05) is 40.9 Å². The maximum absolute atomic E-state index is 11.9. The number of alkyl carbamates (subject to hydrolysis) is 1. The maximum atomic E-state index is 11.9. The molecule has 1 aliphatic heterocycles. The van der Waals surface area contributed by atoms with Crippen molar-refractivity contribution < 1.29 is 23.8 Å². The second-order valence-corrected chi connectivity index (χ2v) is 8.92. The van der Waals surface area contributed by atoms with Gasteiger partial charge in [-0.15, -0.1) is 0 Å². The second-order valence-electron chi connectivity index (χ2n) is 6.30. The van der Waals surface area contributed by atoms with Crippen LogP contribution >= 0.6 is 21.6 Å². The van der Waals surface area contributed by atoms with Crippen molar-refractivity contribution in [3.63, 3.8) is 0 Å². The van der Waals surface area contributed by atoms with E-state index in [1.165, 1.54) is 40.9 Å². The fraction of sp³-hybridized carbons (Fsp3) is 0.875. The predicted octanol–water partition coefficient (Wildman–Crippen LogP) is 3.35. The van der Waals surface area contributed by atoms with E-state index in [0.717, 1.165) is 25.5 Å². The Morgan fingerprint density at radius 3 is 2.71 bits per heavy atom. The molecule has 0 atom stereocenters. The molecule has 138 valence electrons. The third-order valence-electron chi connectivity index (χ3n) is 4.43. The molecule has 0 aromatic heterocycles. The summed E-state index contributed by atoms with van der Waals surface area (Å²) < 4.78 is 16.4. The minimum absolute atomic E-state index is 0.0522. The van der Waals surface area contributed by atoms with Crippen LogP contribution in [0.4, 0.5) is 4.79 Å². The van der Waals surface area contributed by atoms with Crippen molar-refractivity contribution in [2.45, 2.75) is 58.0 Å². The van der Waals surface area contributed by atoms with Crippen molar-refractivity contribution in [3.05, 3.63) is 0 Å². The van der Waals surface area contributed by atoms with E-state index in [1.807, 2.05) is 6.92 Å². The number of hydrogen-bond donors (Lipinski definition) is 1. The number of carbonyl (C=O) groups is 2. The molecular weight excluding hydrogens is 350 g/mol. The molecule has 1 amide bonds. The fourth-order valence-corrected chi connectivity index (χ4v) is 4.69. The molecule has 1 aliphatic carbocycles. The first-order valence-electron chi connectivity index (χ1n) is 8.53. The number of nitrogens with one attached hydrogen (secondary N) is 1. The Hall–Kier alpha value is -0.440. The zero-order valence-electron chi connectivity index (χ0n) is 14.2. The van der Waals surface area contributed by atoms with Gasteiger partial charge in [0.2, 0.25) is 0 Å². The van der Waals surface area contributed by atoms with E-state index in [2.05, 4.69) is 5.32 Å². The van der Waals surface area contributed by atoms with E-state index >= 15 is 0 Å². The summed E-state index contributed by atoms with van der Waals surface area (Å²) in [6.07, 6.45) is 6.88. The van der Waals surface area contributed by atoms with Crippen LogP contribution in [0.15, 0.2) is 0 Å². The number of hydrogen-bond acceptors (Lipinski definition) is 7. The van der Waals surface area contributed by atoms with Gasteiger partial charge < -0.3 is 24.3 Å². The van der Waals surface area contributed by atoms with Crippen molar-refractivity contribution in [1.82, 2.24) is 5.32 Å². The van der Waals surface area contributed by atoms with Crippen LogP contribution in [0.2, 0.25) is 0 Å². The minimum atomic E-state index is -0.371. The zero-order valence-corrected chi connectivity index (χ0v) is 15.8.